The number of carbonyl (C=O) groups excluding carboxylic acids is 3. The number of hydrogen-bond acceptors (Lipinski definition) is 5. The molecule has 151 valence electrons. The van der Waals surface area contributed by atoms with E-state index in [4.69, 9.17) is 11.2 Å². The van der Waals surface area contributed by atoms with E-state index >= 15 is 0 Å². The van der Waals surface area contributed by atoms with E-state index in [-0.39, 0.29) is 60.1 Å². The molecule has 27 heavy (non-hydrogen) atoms. The second-order valence-electron chi connectivity index (χ2n) is 6.48. The molecule has 0 spiro atoms. The molecule has 0 aliphatic heterocycles. The third kappa shape index (κ3) is 14.5. The van der Waals surface area contributed by atoms with Crippen molar-refractivity contribution >= 4 is 31.5 Å². The number of methoxy groups -OCH3 is 1. The summed E-state index contributed by atoms with van der Waals surface area (Å²) in [6.07, 6.45) is 5.70. The van der Waals surface area contributed by atoms with E-state index in [2.05, 4.69) is 27.2 Å². The molecule has 0 unspecified atom stereocenters. The minimum Gasteiger partial charge on any atom is -0.467 e. The van der Waals surface area contributed by atoms with Crippen molar-refractivity contribution in [1.82, 2.24) is 10.6 Å². The number of esters is 1. The summed E-state index contributed by atoms with van der Waals surface area (Å²) >= 11 is 0. The van der Waals surface area contributed by atoms with Crippen molar-refractivity contribution in [2.24, 2.45) is 0 Å². The third-order valence-corrected chi connectivity index (χ3v) is 2.69. The molecule has 0 bridgehead atoms. The Hall–Kier alpha value is -1.22. The normalized spacial score (nSPS) is 10.6. The van der Waals surface area contributed by atoms with Crippen molar-refractivity contribution in [2.75, 3.05) is 7.11 Å². The Labute approximate surface area is 194 Å². The minimum absolute atomic E-state index is 0. The summed E-state index contributed by atoms with van der Waals surface area (Å²) in [6.45, 7) is 8.22. The van der Waals surface area contributed by atoms with Crippen molar-refractivity contribution in [3.8, 4) is 17.8 Å². The molecule has 0 fully saturated rings. The van der Waals surface area contributed by atoms with Crippen LogP contribution < -0.4 is 10.6 Å². The first-order valence-electron chi connectivity index (χ1n) is 7.21. The summed E-state index contributed by atoms with van der Waals surface area (Å²) in [5.41, 5.74) is -1.88. The molecule has 7 nitrogen and oxygen atoms in total. The van der Waals surface area contributed by atoms with Crippen LogP contribution in [0.5, 0.6) is 0 Å². The smallest absolute Gasteiger partial charge is 0.408 e. The predicted octanol–water partition coefficient (Wildman–Crippen LogP) is 1.49. The Morgan fingerprint density at radius 2 is 1.67 bits per heavy atom. The monoisotopic (exact) mass is 473 g/mol. The number of nitrogens with one attached hydrogen (secondary N) is 2. The van der Waals surface area contributed by atoms with Gasteiger partial charge in [-0.1, -0.05) is 0 Å². The summed E-state index contributed by atoms with van der Waals surface area (Å²) in [7, 11) is 1.18. The molecule has 2 N–H and O–H groups in total. The van der Waals surface area contributed by atoms with Gasteiger partial charge in [0.05, 0.1) is 19.1 Å². The van der Waals surface area contributed by atoms with Crippen LogP contribution in [0.2, 0.25) is 0 Å². The fourth-order valence-corrected chi connectivity index (χ4v) is 1.67. The van der Waals surface area contributed by atoms with Gasteiger partial charge in [0.25, 0.3) is 0 Å². The van der Waals surface area contributed by atoms with Gasteiger partial charge in [0, 0.05) is 32.7 Å². The fourth-order valence-electron chi connectivity index (χ4n) is 1.67. The summed E-state index contributed by atoms with van der Waals surface area (Å²) in [5.74, 6) is 5.15. The van der Waals surface area contributed by atoms with E-state index in [0.29, 0.717) is 0 Å². The molecule has 0 saturated carbocycles. The molecule has 2 amide bonds. The maximum Gasteiger partial charge on any atom is 0.408 e. The standard InChI is InChI=1S/C17H23N2O5.CH3.H2S.Y/c1-8-9-10-11-12(20)18-13(14(21)23-7)17(5,6)19-15(22)24-16(2,3)4;;;/h13H,11H2,2-7H3,(H,18,20)(H,19,22);1H3;1H2;/q2*-1;;/t13-;;;/m1.../s1. The molecule has 0 aromatic carbocycles. The van der Waals surface area contributed by atoms with Gasteiger partial charge in [0.2, 0.25) is 5.91 Å². The van der Waals surface area contributed by atoms with Gasteiger partial charge in [-0.15, -0.1) is 0 Å². The molecule has 1 radical (unpaired) electrons. The minimum atomic E-state index is -1.17. The molecular formula is C18H28N2O5SY-2. The molecule has 0 aliphatic rings. The summed E-state index contributed by atoms with van der Waals surface area (Å²) in [5, 5.41) is 5.01. The van der Waals surface area contributed by atoms with Crippen LogP contribution in [0.25, 0.3) is 0 Å². The van der Waals surface area contributed by atoms with E-state index in [1.165, 1.54) is 7.11 Å². The largest absolute Gasteiger partial charge is 0.467 e. The number of hydrogen-bond donors (Lipinski definition) is 2. The van der Waals surface area contributed by atoms with Crippen LogP contribution in [0.3, 0.4) is 0 Å². The van der Waals surface area contributed by atoms with Crippen LogP contribution in [-0.4, -0.2) is 42.3 Å². The number of amides is 2. The predicted molar refractivity (Wildman–Crippen MR) is 104 cm³/mol. The zero-order chi connectivity index (χ0) is 19.0. The summed E-state index contributed by atoms with van der Waals surface area (Å²) < 4.78 is 9.84. The SMILES string of the molecule is S.[C-]#CC#CCC(=O)N[C@H](C(=O)OC)C(C)(C)NC(=O)OC(C)(C)C.[CH3-].[Y]. The van der Waals surface area contributed by atoms with Crippen LogP contribution in [0.15, 0.2) is 0 Å². The van der Waals surface area contributed by atoms with E-state index in [1.54, 1.807) is 34.6 Å². The Morgan fingerprint density at radius 1 is 1.15 bits per heavy atom. The molecule has 0 saturated heterocycles. The van der Waals surface area contributed by atoms with Gasteiger partial charge in [-0.3, -0.25) is 16.6 Å². The van der Waals surface area contributed by atoms with Gasteiger partial charge < -0.3 is 34.0 Å². The van der Waals surface area contributed by atoms with Crippen LogP contribution in [0, 0.1) is 31.6 Å². The average Bonchev–Trinajstić information content (AvgIpc) is 2.41. The number of rotatable bonds is 5. The first-order valence-corrected chi connectivity index (χ1v) is 7.21. The fraction of sp³-hybridized carbons (Fsp3) is 0.556. The van der Waals surface area contributed by atoms with Crippen LogP contribution in [-0.2, 0) is 51.8 Å². The van der Waals surface area contributed by atoms with Crippen LogP contribution in [0.1, 0.15) is 41.0 Å². The second-order valence-corrected chi connectivity index (χ2v) is 6.48. The van der Waals surface area contributed by atoms with E-state index in [9.17, 15) is 14.4 Å². The first kappa shape index (κ1) is 33.4. The zero-order valence-electron chi connectivity index (χ0n) is 16.9. The van der Waals surface area contributed by atoms with Gasteiger partial charge in [-0.05, 0) is 34.6 Å². The molecule has 1 atom stereocenters. The van der Waals surface area contributed by atoms with E-state index < -0.39 is 35.2 Å². The molecule has 0 heterocycles. The third-order valence-electron chi connectivity index (χ3n) is 2.69. The maximum absolute atomic E-state index is 12.0. The molecular weight excluding hydrogens is 445 g/mol. The van der Waals surface area contributed by atoms with Crippen molar-refractivity contribution < 1.29 is 56.6 Å². The Bertz CT molecular complexity index is 598. The maximum atomic E-state index is 12.0. The Kier molecular flexibility index (Phi) is 18.3. The Morgan fingerprint density at radius 3 is 2.07 bits per heavy atom. The topological polar surface area (TPSA) is 93.7 Å². The average molecular weight is 473 g/mol. The van der Waals surface area contributed by atoms with Crippen molar-refractivity contribution in [3.05, 3.63) is 13.9 Å². The molecule has 0 aromatic heterocycles. The molecule has 0 rings (SSSR count). The summed E-state index contributed by atoms with van der Waals surface area (Å²) in [6, 6.07) is -1.15. The quantitative estimate of drug-likeness (QED) is 0.359. The van der Waals surface area contributed by atoms with E-state index in [1.807, 2.05) is 5.92 Å². The second kappa shape index (κ2) is 14.8. The van der Waals surface area contributed by atoms with Gasteiger partial charge in [0.1, 0.15) is 11.6 Å². The van der Waals surface area contributed by atoms with Crippen molar-refractivity contribution in [3.63, 3.8) is 0 Å². The van der Waals surface area contributed by atoms with Gasteiger partial charge in [-0.2, -0.15) is 19.4 Å². The number of ether oxygens (including phenoxy) is 2. The zero-order valence-corrected chi connectivity index (χ0v) is 20.7. The number of carbonyl (C=O) groups is 3. The molecule has 9 heteroatoms. The van der Waals surface area contributed by atoms with Crippen molar-refractivity contribution in [2.45, 2.75) is 58.2 Å². The van der Waals surface area contributed by atoms with E-state index in [0.717, 1.165) is 0 Å². The Balaban J connectivity index is -0.000000882. The number of alkyl carbamates (subject to hydrolysis) is 1. The van der Waals surface area contributed by atoms with Crippen molar-refractivity contribution in [1.29, 1.82) is 0 Å². The molecule has 0 aliphatic carbocycles. The van der Waals surface area contributed by atoms with Gasteiger partial charge >= 0.3 is 12.1 Å². The van der Waals surface area contributed by atoms with Crippen LogP contribution in [0.4, 0.5) is 4.79 Å². The van der Waals surface area contributed by atoms with Crippen LogP contribution >= 0.6 is 13.5 Å². The van der Waals surface area contributed by atoms with Gasteiger partial charge in [-0.25, -0.2) is 9.59 Å². The van der Waals surface area contributed by atoms with Gasteiger partial charge in [0.15, 0.2) is 0 Å². The summed E-state index contributed by atoms with van der Waals surface area (Å²) in [4.78, 5) is 35.8. The first-order chi connectivity index (χ1) is 10.9. The molecule has 0 aromatic rings.